The lowest BCUT2D eigenvalue weighted by molar-refractivity contribution is 0.122. The molecule has 1 aromatic rings. The highest BCUT2D eigenvalue weighted by Gasteiger charge is 2.04. The van der Waals surface area contributed by atoms with Gasteiger partial charge in [-0.2, -0.15) is 0 Å². The third kappa shape index (κ3) is 6.06. The van der Waals surface area contributed by atoms with Crippen molar-refractivity contribution in [1.29, 1.82) is 0 Å². The SMILES string of the molecule is C=P(=C)NCCCc1ccccc1OCC(C)O. The van der Waals surface area contributed by atoms with Gasteiger partial charge in [0.1, 0.15) is 12.4 Å². The Balaban J connectivity index is 2.48. The summed E-state index contributed by atoms with van der Waals surface area (Å²) in [5.41, 5.74) is 1.18. The summed E-state index contributed by atoms with van der Waals surface area (Å²) in [6, 6.07) is 7.97. The van der Waals surface area contributed by atoms with E-state index >= 15 is 0 Å². The fraction of sp³-hybridized carbons (Fsp3) is 0.429. The van der Waals surface area contributed by atoms with Gasteiger partial charge in [0, 0.05) is 6.54 Å². The van der Waals surface area contributed by atoms with Crippen LogP contribution in [0.2, 0.25) is 0 Å². The number of aliphatic hydroxyl groups excluding tert-OH is 1. The van der Waals surface area contributed by atoms with Crippen LogP contribution in [0, 0.1) is 0 Å². The quantitative estimate of drug-likeness (QED) is 0.560. The van der Waals surface area contributed by atoms with Crippen molar-refractivity contribution in [2.75, 3.05) is 13.2 Å². The summed E-state index contributed by atoms with van der Waals surface area (Å²) >= 11 is 0. The van der Waals surface area contributed by atoms with Gasteiger partial charge >= 0.3 is 0 Å². The molecule has 3 nitrogen and oxygen atoms in total. The molecule has 0 saturated heterocycles. The van der Waals surface area contributed by atoms with Crippen LogP contribution in [0.1, 0.15) is 18.9 Å². The maximum Gasteiger partial charge on any atom is 0.122 e. The second kappa shape index (κ2) is 8.15. The zero-order valence-corrected chi connectivity index (χ0v) is 11.8. The minimum absolute atomic E-state index is 0.332. The van der Waals surface area contributed by atoms with Crippen LogP contribution in [0.25, 0.3) is 0 Å². The molecule has 4 heteroatoms. The molecule has 0 spiro atoms. The largest absolute Gasteiger partial charge is 0.491 e. The van der Waals surface area contributed by atoms with E-state index in [2.05, 4.69) is 23.8 Å². The first-order valence-corrected chi connectivity index (χ1v) is 7.84. The van der Waals surface area contributed by atoms with Crippen LogP contribution in [-0.4, -0.2) is 37.0 Å². The zero-order chi connectivity index (χ0) is 13.4. The van der Waals surface area contributed by atoms with E-state index in [1.54, 1.807) is 6.92 Å². The van der Waals surface area contributed by atoms with Crippen LogP contribution in [0.3, 0.4) is 0 Å². The first-order chi connectivity index (χ1) is 8.59. The highest BCUT2D eigenvalue weighted by molar-refractivity contribution is 7.51. The van der Waals surface area contributed by atoms with Gasteiger partial charge in [0.15, 0.2) is 0 Å². The first-order valence-electron chi connectivity index (χ1n) is 6.13. The summed E-state index contributed by atoms with van der Waals surface area (Å²) in [5, 5.41) is 12.5. The number of hydrogen-bond acceptors (Lipinski definition) is 3. The molecule has 0 heterocycles. The number of rotatable bonds is 8. The fourth-order valence-electron chi connectivity index (χ4n) is 1.58. The fourth-order valence-corrected chi connectivity index (χ4v) is 2.05. The Kier molecular flexibility index (Phi) is 6.81. The van der Waals surface area contributed by atoms with Crippen molar-refractivity contribution in [2.45, 2.75) is 25.9 Å². The second-order valence-corrected chi connectivity index (χ2v) is 5.72. The molecule has 0 saturated carbocycles. The molecule has 0 bridgehead atoms. The van der Waals surface area contributed by atoms with Crippen molar-refractivity contribution in [1.82, 2.24) is 5.09 Å². The Morgan fingerprint density at radius 2 is 2.11 bits per heavy atom. The number of nitrogens with one attached hydrogen (secondary N) is 1. The van der Waals surface area contributed by atoms with Gasteiger partial charge in [-0.05, 0) is 31.4 Å². The van der Waals surface area contributed by atoms with E-state index in [9.17, 15) is 5.11 Å². The number of aryl methyl sites for hydroxylation is 1. The van der Waals surface area contributed by atoms with E-state index in [-0.39, 0.29) is 0 Å². The molecular formula is C14H22NO2P. The average Bonchev–Trinajstić information content (AvgIpc) is 2.33. The molecule has 1 atom stereocenters. The Labute approximate surface area is 110 Å². The molecule has 0 amide bonds. The van der Waals surface area contributed by atoms with Crippen molar-refractivity contribution in [2.24, 2.45) is 0 Å². The Morgan fingerprint density at radius 1 is 1.39 bits per heavy atom. The van der Waals surface area contributed by atoms with Crippen molar-refractivity contribution >= 4 is 19.9 Å². The molecule has 1 unspecified atom stereocenters. The highest BCUT2D eigenvalue weighted by Crippen LogP contribution is 2.19. The molecule has 0 aromatic heterocycles. The Bertz CT molecular complexity index is 420. The lowest BCUT2D eigenvalue weighted by atomic mass is 10.1. The monoisotopic (exact) mass is 267 g/mol. The summed E-state index contributed by atoms with van der Waals surface area (Å²) in [7, 11) is -0.518. The van der Waals surface area contributed by atoms with Gasteiger partial charge in [-0.3, -0.25) is 5.09 Å². The normalized spacial score (nSPS) is 12.1. The third-order valence-corrected chi connectivity index (χ3v) is 3.08. The maximum absolute atomic E-state index is 9.23. The van der Waals surface area contributed by atoms with Crippen molar-refractivity contribution < 1.29 is 9.84 Å². The predicted molar refractivity (Wildman–Crippen MR) is 81.1 cm³/mol. The van der Waals surface area contributed by atoms with E-state index in [1.807, 2.05) is 18.2 Å². The summed E-state index contributed by atoms with van der Waals surface area (Å²) in [5.74, 6) is 0.866. The van der Waals surface area contributed by atoms with E-state index in [0.29, 0.717) is 6.61 Å². The summed E-state index contributed by atoms with van der Waals surface area (Å²) in [6.07, 6.45) is 9.21. The molecule has 2 N–H and O–H groups in total. The van der Waals surface area contributed by atoms with Crippen LogP contribution >= 0.6 is 7.32 Å². The highest BCUT2D eigenvalue weighted by atomic mass is 31.1. The number of aliphatic hydroxyl groups is 1. The van der Waals surface area contributed by atoms with E-state index in [0.717, 1.165) is 25.1 Å². The van der Waals surface area contributed by atoms with E-state index in [1.165, 1.54) is 5.56 Å². The van der Waals surface area contributed by atoms with Gasteiger partial charge in [-0.1, -0.05) is 38.1 Å². The summed E-state index contributed by atoms with van der Waals surface area (Å²) in [4.78, 5) is 0. The van der Waals surface area contributed by atoms with Crippen molar-refractivity contribution in [3.05, 3.63) is 29.8 Å². The Morgan fingerprint density at radius 3 is 2.78 bits per heavy atom. The lowest BCUT2D eigenvalue weighted by Crippen LogP contribution is -2.13. The average molecular weight is 267 g/mol. The molecule has 18 heavy (non-hydrogen) atoms. The lowest BCUT2D eigenvalue weighted by Gasteiger charge is -2.12. The van der Waals surface area contributed by atoms with Crippen molar-refractivity contribution in [3.8, 4) is 5.75 Å². The van der Waals surface area contributed by atoms with Crippen LogP contribution in [0.15, 0.2) is 24.3 Å². The van der Waals surface area contributed by atoms with Gasteiger partial charge in [-0.15, -0.1) is 0 Å². The van der Waals surface area contributed by atoms with Crippen LogP contribution < -0.4 is 9.82 Å². The van der Waals surface area contributed by atoms with Crippen LogP contribution in [0.4, 0.5) is 0 Å². The first kappa shape index (κ1) is 15.0. The third-order valence-electron chi connectivity index (χ3n) is 2.41. The van der Waals surface area contributed by atoms with Crippen molar-refractivity contribution in [3.63, 3.8) is 0 Å². The minimum Gasteiger partial charge on any atom is -0.491 e. The Hall–Kier alpha value is -1.02. The topological polar surface area (TPSA) is 41.5 Å². The van der Waals surface area contributed by atoms with E-state index in [4.69, 9.17) is 4.74 Å². The molecule has 0 radical (unpaired) electrons. The summed E-state index contributed by atoms with van der Waals surface area (Å²) in [6.45, 7) is 2.97. The molecule has 100 valence electrons. The van der Waals surface area contributed by atoms with Gasteiger partial charge in [-0.25, -0.2) is 0 Å². The minimum atomic E-state index is -0.518. The van der Waals surface area contributed by atoms with Gasteiger partial charge in [0.05, 0.1) is 6.10 Å². The molecule has 0 fully saturated rings. The van der Waals surface area contributed by atoms with E-state index < -0.39 is 13.4 Å². The number of ether oxygens (including phenoxy) is 1. The van der Waals surface area contributed by atoms with Gasteiger partial charge < -0.3 is 9.84 Å². The predicted octanol–water partition coefficient (Wildman–Crippen LogP) is 2.23. The standard InChI is InChI=1S/C14H22NO2P/c1-12(16)11-17-14-9-5-4-7-13(14)8-6-10-15-18(2)3/h4-5,7,9,12,15-16H,2-3,6,8,10-11H2,1H3. The number of para-hydroxylation sites is 1. The molecular weight excluding hydrogens is 245 g/mol. The summed E-state index contributed by atoms with van der Waals surface area (Å²) < 4.78 is 5.59. The molecule has 0 aliphatic carbocycles. The molecule has 0 aliphatic heterocycles. The smallest absolute Gasteiger partial charge is 0.122 e. The van der Waals surface area contributed by atoms with Crippen LogP contribution in [-0.2, 0) is 6.42 Å². The van der Waals surface area contributed by atoms with Gasteiger partial charge in [0.2, 0.25) is 0 Å². The zero-order valence-electron chi connectivity index (χ0n) is 10.9. The van der Waals surface area contributed by atoms with Crippen LogP contribution in [0.5, 0.6) is 5.75 Å². The number of benzene rings is 1. The maximum atomic E-state index is 9.23. The van der Waals surface area contributed by atoms with Gasteiger partial charge in [0.25, 0.3) is 0 Å². The molecule has 0 aliphatic rings. The molecule has 1 rings (SSSR count). The number of hydrogen-bond donors (Lipinski definition) is 2. The second-order valence-electron chi connectivity index (χ2n) is 4.32. The molecule has 1 aromatic carbocycles.